The molecule has 0 heterocycles. The van der Waals surface area contributed by atoms with Crippen LogP contribution in [0.5, 0.6) is 5.75 Å². The van der Waals surface area contributed by atoms with Crippen LogP contribution in [0.15, 0.2) is 23.2 Å². The second-order valence-corrected chi connectivity index (χ2v) is 5.51. The normalized spacial score (nSPS) is 14.9. The maximum Gasteiger partial charge on any atom is 0.191 e. The number of halogens is 1. The van der Waals surface area contributed by atoms with Gasteiger partial charge in [-0.1, -0.05) is 6.07 Å². The van der Waals surface area contributed by atoms with Crippen LogP contribution < -0.4 is 10.6 Å². The number of aromatic hydroxyl groups is 1. The van der Waals surface area contributed by atoms with Crippen molar-refractivity contribution in [1.82, 2.24) is 10.6 Å². The van der Waals surface area contributed by atoms with Crippen LogP contribution in [-0.2, 0) is 11.3 Å². The van der Waals surface area contributed by atoms with Gasteiger partial charge >= 0.3 is 0 Å². The van der Waals surface area contributed by atoms with Crippen molar-refractivity contribution in [2.75, 3.05) is 26.8 Å². The highest BCUT2D eigenvalue weighted by molar-refractivity contribution is 5.79. The van der Waals surface area contributed by atoms with Crippen LogP contribution in [0.2, 0.25) is 0 Å². The number of phenols is 1. The quantitative estimate of drug-likeness (QED) is 0.390. The molecule has 0 aliphatic heterocycles. The summed E-state index contributed by atoms with van der Waals surface area (Å²) in [5.74, 6) is 0.510. The van der Waals surface area contributed by atoms with Crippen molar-refractivity contribution in [3.8, 4) is 5.75 Å². The maximum atomic E-state index is 13.2. The van der Waals surface area contributed by atoms with Crippen LogP contribution in [0.3, 0.4) is 0 Å². The second kappa shape index (κ2) is 8.58. The van der Waals surface area contributed by atoms with Gasteiger partial charge in [0, 0.05) is 33.4 Å². The van der Waals surface area contributed by atoms with Crippen molar-refractivity contribution in [3.05, 3.63) is 29.6 Å². The van der Waals surface area contributed by atoms with Gasteiger partial charge in [0.2, 0.25) is 0 Å². The zero-order valence-corrected chi connectivity index (χ0v) is 12.9. The predicted molar refractivity (Wildman–Crippen MR) is 84.4 cm³/mol. The second-order valence-electron chi connectivity index (χ2n) is 5.51. The molecule has 0 radical (unpaired) electrons. The predicted octanol–water partition coefficient (Wildman–Crippen LogP) is 2.01. The number of ether oxygens (including phenoxy) is 1. The molecule has 1 aromatic rings. The van der Waals surface area contributed by atoms with Gasteiger partial charge in [-0.3, -0.25) is 4.99 Å². The molecule has 22 heavy (non-hydrogen) atoms. The Balaban J connectivity index is 1.60. The summed E-state index contributed by atoms with van der Waals surface area (Å²) < 4.78 is 18.8. The minimum absolute atomic E-state index is 0.336. The summed E-state index contributed by atoms with van der Waals surface area (Å²) >= 11 is 0. The van der Waals surface area contributed by atoms with E-state index < -0.39 is 5.82 Å². The molecular formula is C16H24FN3O2. The maximum absolute atomic E-state index is 13.2. The molecule has 122 valence electrons. The van der Waals surface area contributed by atoms with Gasteiger partial charge in [0.05, 0.1) is 0 Å². The van der Waals surface area contributed by atoms with Crippen LogP contribution in [0, 0.1) is 11.7 Å². The van der Waals surface area contributed by atoms with Gasteiger partial charge in [-0.25, -0.2) is 4.39 Å². The first-order valence-corrected chi connectivity index (χ1v) is 7.68. The standard InChI is InChI=1S/C16H24FN3O2/c1-18-16(19-7-2-8-22-11-12-3-4-12)20-10-13-5-6-15(21)14(17)9-13/h5-6,9,12,21H,2-4,7-8,10-11H2,1H3,(H2,18,19,20). The van der Waals surface area contributed by atoms with E-state index in [1.165, 1.54) is 25.0 Å². The molecule has 1 aromatic carbocycles. The molecule has 0 atom stereocenters. The van der Waals surface area contributed by atoms with Crippen LogP contribution >= 0.6 is 0 Å². The molecule has 1 aliphatic carbocycles. The Morgan fingerprint density at radius 3 is 2.91 bits per heavy atom. The number of benzene rings is 1. The van der Waals surface area contributed by atoms with E-state index in [1.807, 2.05) is 0 Å². The van der Waals surface area contributed by atoms with Gasteiger partial charge in [0.1, 0.15) is 0 Å². The van der Waals surface area contributed by atoms with E-state index in [4.69, 9.17) is 9.84 Å². The highest BCUT2D eigenvalue weighted by Gasteiger charge is 2.20. The lowest BCUT2D eigenvalue weighted by molar-refractivity contribution is 0.123. The number of phenolic OH excluding ortho intramolecular Hbond substituents is 1. The van der Waals surface area contributed by atoms with Crippen molar-refractivity contribution in [2.24, 2.45) is 10.9 Å². The van der Waals surface area contributed by atoms with Crippen LogP contribution in [0.4, 0.5) is 4.39 Å². The first-order chi connectivity index (χ1) is 10.7. The first-order valence-electron chi connectivity index (χ1n) is 7.68. The molecule has 2 rings (SSSR count). The van der Waals surface area contributed by atoms with E-state index in [0.717, 1.165) is 37.7 Å². The number of aliphatic imine (C=N–C) groups is 1. The topological polar surface area (TPSA) is 65.9 Å². The Bertz CT molecular complexity index is 504. The van der Waals surface area contributed by atoms with E-state index in [0.29, 0.717) is 12.5 Å². The Morgan fingerprint density at radius 2 is 2.23 bits per heavy atom. The number of guanidine groups is 1. The molecule has 1 aliphatic rings. The Labute approximate surface area is 130 Å². The Morgan fingerprint density at radius 1 is 1.41 bits per heavy atom. The van der Waals surface area contributed by atoms with Crippen molar-refractivity contribution >= 4 is 5.96 Å². The molecular weight excluding hydrogens is 285 g/mol. The summed E-state index contributed by atoms with van der Waals surface area (Å²) in [4.78, 5) is 4.11. The molecule has 5 nitrogen and oxygen atoms in total. The fourth-order valence-corrected chi connectivity index (χ4v) is 1.98. The minimum Gasteiger partial charge on any atom is -0.505 e. The largest absolute Gasteiger partial charge is 0.505 e. The van der Waals surface area contributed by atoms with Gasteiger partial charge in [-0.15, -0.1) is 0 Å². The molecule has 0 amide bonds. The summed E-state index contributed by atoms with van der Waals surface area (Å²) in [6.07, 6.45) is 3.54. The van der Waals surface area contributed by atoms with Gasteiger partial charge < -0.3 is 20.5 Å². The third kappa shape index (κ3) is 5.89. The summed E-state index contributed by atoms with van der Waals surface area (Å²) in [6.45, 7) is 2.85. The van der Waals surface area contributed by atoms with Gasteiger partial charge in [0.15, 0.2) is 17.5 Å². The van der Waals surface area contributed by atoms with Gasteiger partial charge in [-0.2, -0.15) is 0 Å². The monoisotopic (exact) mass is 309 g/mol. The molecule has 0 unspecified atom stereocenters. The molecule has 0 aromatic heterocycles. The molecule has 0 bridgehead atoms. The lowest BCUT2D eigenvalue weighted by atomic mass is 10.2. The SMILES string of the molecule is CN=C(NCCCOCC1CC1)NCc1ccc(O)c(F)c1. The fourth-order valence-electron chi connectivity index (χ4n) is 1.98. The molecule has 1 saturated carbocycles. The van der Waals surface area contributed by atoms with Crippen LogP contribution in [-0.4, -0.2) is 37.9 Å². The summed E-state index contributed by atoms with van der Waals surface area (Å²) in [5.41, 5.74) is 0.742. The third-order valence-electron chi connectivity index (χ3n) is 3.50. The zero-order valence-electron chi connectivity index (χ0n) is 12.9. The lowest BCUT2D eigenvalue weighted by Crippen LogP contribution is -2.37. The minimum atomic E-state index is -0.616. The molecule has 1 fully saturated rings. The van der Waals surface area contributed by atoms with Crippen LogP contribution in [0.25, 0.3) is 0 Å². The van der Waals surface area contributed by atoms with Gasteiger partial charge in [-0.05, 0) is 42.9 Å². The van der Waals surface area contributed by atoms with E-state index in [1.54, 1.807) is 13.1 Å². The summed E-state index contributed by atoms with van der Waals surface area (Å²) in [6, 6.07) is 4.32. The van der Waals surface area contributed by atoms with Crippen molar-refractivity contribution in [1.29, 1.82) is 0 Å². The van der Waals surface area contributed by atoms with Crippen molar-refractivity contribution in [2.45, 2.75) is 25.8 Å². The number of rotatable bonds is 8. The van der Waals surface area contributed by atoms with E-state index in [2.05, 4.69) is 15.6 Å². The fraction of sp³-hybridized carbons (Fsp3) is 0.562. The number of hydrogen-bond acceptors (Lipinski definition) is 3. The number of nitrogens with zero attached hydrogens (tertiary/aromatic N) is 1. The third-order valence-corrected chi connectivity index (χ3v) is 3.50. The van der Waals surface area contributed by atoms with Crippen LogP contribution in [0.1, 0.15) is 24.8 Å². The van der Waals surface area contributed by atoms with E-state index in [-0.39, 0.29) is 5.75 Å². The number of hydrogen-bond donors (Lipinski definition) is 3. The highest BCUT2D eigenvalue weighted by Crippen LogP contribution is 2.28. The molecule has 0 spiro atoms. The Hall–Kier alpha value is -1.82. The smallest absolute Gasteiger partial charge is 0.191 e. The lowest BCUT2D eigenvalue weighted by Gasteiger charge is -2.12. The van der Waals surface area contributed by atoms with Crippen molar-refractivity contribution < 1.29 is 14.2 Å². The first kappa shape index (κ1) is 16.5. The summed E-state index contributed by atoms with van der Waals surface area (Å²) in [5, 5.41) is 15.4. The molecule has 6 heteroatoms. The molecule has 0 saturated heterocycles. The average molecular weight is 309 g/mol. The number of nitrogens with one attached hydrogen (secondary N) is 2. The average Bonchev–Trinajstić information content (AvgIpc) is 3.33. The zero-order chi connectivity index (χ0) is 15.8. The molecule has 3 N–H and O–H groups in total. The highest BCUT2D eigenvalue weighted by atomic mass is 19.1. The van der Waals surface area contributed by atoms with Gasteiger partial charge in [0.25, 0.3) is 0 Å². The van der Waals surface area contributed by atoms with E-state index >= 15 is 0 Å². The Kier molecular flexibility index (Phi) is 6.45. The van der Waals surface area contributed by atoms with E-state index in [9.17, 15) is 4.39 Å². The van der Waals surface area contributed by atoms with Crippen molar-refractivity contribution in [3.63, 3.8) is 0 Å². The summed E-state index contributed by atoms with van der Waals surface area (Å²) in [7, 11) is 1.69.